The second-order valence-electron chi connectivity index (χ2n) is 11.7. The highest BCUT2D eigenvalue weighted by Crippen LogP contribution is 2.21. The summed E-state index contributed by atoms with van der Waals surface area (Å²) in [6.07, 6.45) is 3.86. The number of aliphatic hydroxyl groups excluding tert-OH is 2. The summed E-state index contributed by atoms with van der Waals surface area (Å²) in [6.45, 7) is -0.0795. The number of amidine groups is 2. The van der Waals surface area contributed by atoms with Crippen LogP contribution >= 0.6 is 0 Å². The molecule has 0 aliphatic carbocycles. The summed E-state index contributed by atoms with van der Waals surface area (Å²) in [4.78, 5) is 18.8. The minimum absolute atomic E-state index is 0.0397. The summed E-state index contributed by atoms with van der Waals surface area (Å²) in [5.41, 5.74) is 11.9. The van der Waals surface area contributed by atoms with Crippen molar-refractivity contribution in [2.24, 2.45) is 20.0 Å². The Balaban J connectivity index is 1.09. The minimum atomic E-state index is -0.497. The molecule has 0 aromatic heterocycles. The topological polar surface area (TPSA) is 169 Å². The van der Waals surface area contributed by atoms with Crippen LogP contribution in [0.1, 0.15) is 24.0 Å². The van der Waals surface area contributed by atoms with Crippen LogP contribution in [0.25, 0.3) is 12.2 Å². The Kier molecular flexibility index (Phi) is 12.2. The van der Waals surface area contributed by atoms with Crippen LogP contribution < -0.4 is 32.1 Å². The van der Waals surface area contributed by atoms with Crippen LogP contribution in [-0.2, 0) is 0 Å². The number of anilines is 4. The molecule has 14 nitrogen and oxygen atoms in total. The Bertz CT molecular complexity index is 1760. The van der Waals surface area contributed by atoms with Gasteiger partial charge in [0.05, 0.1) is 13.2 Å². The van der Waals surface area contributed by atoms with Gasteiger partial charge in [0, 0.05) is 49.7 Å². The van der Waals surface area contributed by atoms with Crippen molar-refractivity contribution in [1.82, 2.24) is 20.9 Å². The van der Waals surface area contributed by atoms with Crippen LogP contribution in [0, 0.1) is 0 Å². The minimum Gasteiger partial charge on any atom is -0.396 e. The third-order valence-corrected chi connectivity index (χ3v) is 8.10. The molecule has 52 heavy (non-hydrogen) atoms. The standard InChI is InChI=1S/C38H44N12O2/c1-39-49-33(23-25-51)45-35(41-29-9-5-3-6-10-29)47-37(49)43-31-19-15-27(16-20-31)13-14-28-17-21-32(22-18-28)44-38-48-36(42-30-11-7-4-8-12-30)46-34(24-26-52)50(38)40-2/h3-22,37-40,43-44,51-52H,23-26H2,1-2H3,(H,41,47)(H,42,48). The van der Waals surface area contributed by atoms with Crippen LogP contribution in [-0.4, -0.2) is 83.7 Å². The fourth-order valence-electron chi connectivity index (χ4n) is 5.58. The van der Waals surface area contributed by atoms with Crippen molar-refractivity contribution in [3.8, 4) is 0 Å². The van der Waals surface area contributed by atoms with Crippen molar-refractivity contribution >= 4 is 58.5 Å². The van der Waals surface area contributed by atoms with Gasteiger partial charge in [0.1, 0.15) is 11.7 Å². The van der Waals surface area contributed by atoms with Gasteiger partial charge in [0.25, 0.3) is 0 Å². The first-order valence-electron chi connectivity index (χ1n) is 17.1. The lowest BCUT2D eigenvalue weighted by Crippen LogP contribution is -2.53. The van der Waals surface area contributed by atoms with Crippen LogP contribution in [0.3, 0.4) is 0 Å². The molecule has 2 aliphatic rings. The molecule has 0 bridgehead atoms. The van der Waals surface area contributed by atoms with Gasteiger partial charge in [-0.1, -0.05) is 72.8 Å². The Morgan fingerprint density at radius 3 is 1.27 bits per heavy atom. The van der Waals surface area contributed by atoms with Gasteiger partial charge in [0.2, 0.25) is 24.5 Å². The number of hydrogen-bond acceptors (Lipinski definition) is 14. The SMILES string of the molecule is CNN1C(CCO)=NC(Nc2ccccc2)=NC1Nc1ccc(C=Cc2ccc(NC3N=C(Nc4ccccc4)N=C(CCO)N3NC)cc2)cc1. The molecule has 2 heterocycles. The molecule has 0 saturated heterocycles. The molecule has 268 valence electrons. The molecule has 0 saturated carbocycles. The molecule has 2 atom stereocenters. The van der Waals surface area contributed by atoms with E-state index in [-0.39, 0.29) is 13.2 Å². The number of nitrogens with one attached hydrogen (secondary N) is 6. The van der Waals surface area contributed by atoms with Crippen molar-refractivity contribution in [2.75, 3.05) is 48.6 Å². The second kappa shape index (κ2) is 17.7. The van der Waals surface area contributed by atoms with Gasteiger partial charge in [-0.2, -0.15) is 9.98 Å². The number of rotatable bonds is 14. The van der Waals surface area contributed by atoms with Crippen molar-refractivity contribution in [1.29, 1.82) is 0 Å². The maximum Gasteiger partial charge on any atom is 0.228 e. The third kappa shape index (κ3) is 9.38. The van der Waals surface area contributed by atoms with Crippen LogP contribution in [0.2, 0.25) is 0 Å². The molecule has 4 aromatic rings. The summed E-state index contributed by atoms with van der Waals surface area (Å²) in [5, 5.41) is 36.4. The quantitative estimate of drug-likeness (QED) is 0.0868. The lowest BCUT2D eigenvalue weighted by atomic mass is 10.1. The molecule has 6 rings (SSSR count). The highest BCUT2D eigenvalue weighted by atomic mass is 16.3. The van der Waals surface area contributed by atoms with E-state index < -0.39 is 12.6 Å². The molecule has 4 aromatic carbocycles. The highest BCUT2D eigenvalue weighted by molar-refractivity contribution is 6.05. The lowest BCUT2D eigenvalue weighted by molar-refractivity contribution is 0.251. The fraction of sp³-hybridized carbons (Fsp3) is 0.211. The number of benzene rings is 4. The van der Waals surface area contributed by atoms with E-state index in [9.17, 15) is 10.2 Å². The average molecular weight is 701 g/mol. The Labute approximate surface area is 303 Å². The molecule has 0 amide bonds. The van der Waals surface area contributed by atoms with E-state index in [0.717, 1.165) is 33.9 Å². The Morgan fingerprint density at radius 1 is 0.538 bits per heavy atom. The first-order chi connectivity index (χ1) is 25.5. The van der Waals surface area contributed by atoms with Crippen molar-refractivity contribution in [3.05, 3.63) is 120 Å². The number of aliphatic hydroxyl groups is 2. The van der Waals surface area contributed by atoms with E-state index in [4.69, 9.17) is 9.98 Å². The normalized spacial score (nSPS) is 17.2. The zero-order chi connectivity index (χ0) is 36.1. The molecular formula is C38H44N12O2. The van der Waals surface area contributed by atoms with Gasteiger partial charge in [-0.3, -0.25) is 10.0 Å². The van der Waals surface area contributed by atoms with E-state index in [1.165, 1.54) is 0 Å². The van der Waals surface area contributed by atoms with Crippen LogP contribution in [0.15, 0.2) is 129 Å². The van der Waals surface area contributed by atoms with Crippen LogP contribution in [0.5, 0.6) is 0 Å². The van der Waals surface area contributed by atoms with Crippen molar-refractivity contribution in [2.45, 2.75) is 25.4 Å². The first-order valence-corrected chi connectivity index (χ1v) is 17.1. The predicted molar refractivity (Wildman–Crippen MR) is 212 cm³/mol. The number of hydrogen-bond donors (Lipinski definition) is 8. The van der Waals surface area contributed by atoms with Gasteiger partial charge in [-0.15, -0.1) is 0 Å². The van der Waals surface area contributed by atoms with E-state index in [1.54, 1.807) is 24.1 Å². The van der Waals surface area contributed by atoms with Gasteiger partial charge < -0.3 is 31.5 Å². The fourth-order valence-corrected chi connectivity index (χ4v) is 5.58. The first kappa shape index (κ1) is 35.8. The molecule has 0 spiro atoms. The maximum atomic E-state index is 9.68. The zero-order valence-electron chi connectivity index (χ0n) is 29.1. The van der Waals surface area contributed by atoms with Gasteiger partial charge in [-0.25, -0.2) is 20.8 Å². The zero-order valence-corrected chi connectivity index (χ0v) is 29.1. The van der Waals surface area contributed by atoms with E-state index in [2.05, 4.69) is 54.3 Å². The average Bonchev–Trinajstić information content (AvgIpc) is 3.16. The number of guanidine groups is 2. The van der Waals surface area contributed by atoms with Crippen molar-refractivity contribution < 1.29 is 10.2 Å². The number of aliphatic imine (C=N–C) groups is 4. The molecule has 8 N–H and O–H groups in total. The summed E-state index contributed by atoms with van der Waals surface area (Å²) in [5.74, 6) is 2.23. The van der Waals surface area contributed by atoms with Gasteiger partial charge in [0.15, 0.2) is 0 Å². The molecular weight excluding hydrogens is 656 g/mol. The van der Waals surface area contributed by atoms with Gasteiger partial charge >= 0.3 is 0 Å². The van der Waals surface area contributed by atoms with Crippen LogP contribution in [0.4, 0.5) is 22.7 Å². The summed E-state index contributed by atoms with van der Waals surface area (Å²) in [6, 6.07) is 35.7. The molecule has 2 aliphatic heterocycles. The Hall–Kier alpha value is -6.06. The second-order valence-corrected chi connectivity index (χ2v) is 11.7. The van der Waals surface area contributed by atoms with E-state index in [1.807, 2.05) is 109 Å². The highest BCUT2D eigenvalue weighted by Gasteiger charge is 2.27. The number of nitrogens with zero attached hydrogens (tertiary/aromatic N) is 6. The number of hydrazine groups is 2. The molecule has 0 radical (unpaired) electrons. The Morgan fingerprint density at radius 2 is 0.923 bits per heavy atom. The molecule has 14 heteroatoms. The predicted octanol–water partition coefficient (Wildman–Crippen LogP) is 4.65. The van der Waals surface area contributed by atoms with Gasteiger partial charge in [-0.05, 0) is 59.7 Å². The summed E-state index contributed by atoms with van der Waals surface area (Å²) >= 11 is 0. The summed E-state index contributed by atoms with van der Waals surface area (Å²) < 4.78 is 0. The van der Waals surface area contributed by atoms with Crippen molar-refractivity contribution in [3.63, 3.8) is 0 Å². The lowest BCUT2D eigenvalue weighted by Gasteiger charge is -2.34. The van der Waals surface area contributed by atoms with E-state index in [0.29, 0.717) is 36.4 Å². The monoisotopic (exact) mass is 700 g/mol. The third-order valence-electron chi connectivity index (χ3n) is 8.10. The maximum absolute atomic E-state index is 9.68. The summed E-state index contributed by atoms with van der Waals surface area (Å²) in [7, 11) is 3.60. The molecule has 2 unspecified atom stereocenters. The molecule has 0 fully saturated rings. The largest absolute Gasteiger partial charge is 0.396 e. The van der Waals surface area contributed by atoms with E-state index >= 15 is 0 Å². The smallest absolute Gasteiger partial charge is 0.228 e. The number of para-hydroxylation sites is 2.